The molecule has 114 valence electrons. The molecule has 1 saturated carbocycles. The number of fused-ring (bicyclic) bond motifs is 1. The van der Waals surface area contributed by atoms with Gasteiger partial charge in [0.15, 0.2) is 0 Å². The molecule has 2 heteroatoms. The van der Waals surface area contributed by atoms with Crippen molar-refractivity contribution in [2.24, 2.45) is 11.8 Å². The Kier molecular flexibility index (Phi) is 4.34. The van der Waals surface area contributed by atoms with Crippen LogP contribution in [-0.2, 0) is 6.42 Å². The van der Waals surface area contributed by atoms with Gasteiger partial charge < -0.3 is 9.73 Å². The molecule has 0 saturated heterocycles. The molecule has 1 heterocycles. The Balaban J connectivity index is 2.09. The quantitative estimate of drug-likeness (QED) is 0.828. The summed E-state index contributed by atoms with van der Waals surface area (Å²) in [7, 11) is 0. The molecule has 0 aliphatic heterocycles. The van der Waals surface area contributed by atoms with E-state index >= 15 is 0 Å². The zero-order valence-corrected chi connectivity index (χ0v) is 13.5. The smallest absolute Gasteiger partial charge is 0.134 e. The molecule has 2 aromatic rings. The Bertz CT molecular complexity index is 601. The highest BCUT2D eigenvalue weighted by Crippen LogP contribution is 2.43. The molecule has 0 bridgehead atoms. The topological polar surface area (TPSA) is 25.2 Å². The van der Waals surface area contributed by atoms with Gasteiger partial charge in [0.1, 0.15) is 11.3 Å². The van der Waals surface area contributed by atoms with Crippen molar-refractivity contribution in [1.82, 2.24) is 5.32 Å². The van der Waals surface area contributed by atoms with Crippen molar-refractivity contribution in [3.8, 4) is 0 Å². The maximum atomic E-state index is 6.13. The molecule has 2 nitrogen and oxygen atoms in total. The van der Waals surface area contributed by atoms with Crippen LogP contribution in [0.25, 0.3) is 11.0 Å². The summed E-state index contributed by atoms with van der Waals surface area (Å²) >= 11 is 0. The minimum absolute atomic E-state index is 0.436. The fraction of sp³-hybridized carbons (Fsp3) is 0.579. The second-order valence-corrected chi connectivity index (χ2v) is 6.40. The highest BCUT2D eigenvalue weighted by Gasteiger charge is 2.34. The predicted octanol–water partition coefficient (Wildman–Crippen LogP) is 5.08. The van der Waals surface area contributed by atoms with Crippen LogP contribution in [-0.4, -0.2) is 6.54 Å². The van der Waals surface area contributed by atoms with Crippen molar-refractivity contribution in [3.63, 3.8) is 0 Å². The lowest BCUT2D eigenvalue weighted by Crippen LogP contribution is -2.30. The molecule has 1 aromatic carbocycles. The van der Waals surface area contributed by atoms with E-state index in [2.05, 4.69) is 50.4 Å². The lowest BCUT2D eigenvalue weighted by Gasteiger charge is -2.28. The van der Waals surface area contributed by atoms with E-state index in [4.69, 9.17) is 4.42 Å². The minimum atomic E-state index is 0.436. The number of hydrogen-bond donors (Lipinski definition) is 1. The third-order valence-corrected chi connectivity index (χ3v) is 5.12. The van der Waals surface area contributed by atoms with E-state index in [1.807, 2.05) is 0 Å². The van der Waals surface area contributed by atoms with Crippen molar-refractivity contribution in [2.45, 2.75) is 52.5 Å². The van der Waals surface area contributed by atoms with Gasteiger partial charge in [-0.2, -0.15) is 0 Å². The van der Waals surface area contributed by atoms with Gasteiger partial charge in [-0.1, -0.05) is 51.8 Å². The molecular weight excluding hydrogens is 258 g/mol. The molecule has 1 aliphatic carbocycles. The van der Waals surface area contributed by atoms with Crippen molar-refractivity contribution >= 4 is 11.0 Å². The van der Waals surface area contributed by atoms with Gasteiger partial charge in [-0.25, -0.2) is 0 Å². The Labute approximate surface area is 127 Å². The molecule has 1 fully saturated rings. The molecule has 1 aromatic heterocycles. The largest absolute Gasteiger partial charge is 0.461 e. The second-order valence-electron chi connectivity index (χ2n) is 6.40. The van der Waals surface area contributed by atoms with Crippen LogP contribution >= 0.6 is 0 Å². The van der Waals surface area contributed by atoms with Crippen molar-refractivity contribution < 1.29 is 4.42 Å². The van der Waals surface area contributed by atoms with Crippen molar-refractivity contribution in [1.29, 1.82) is 0 Å². The van der Waals surface area contributed by atoms with Gasteiger partial charge in [0.2, 0.25) is 0 Å². The number of furan rings is 1. The Hall–Kier alpha value is -1.28. The summed E-state index contributed by atoms with van der Waals surface area (Å²) in [5, 5.41) is 5.07. The number of nitrogens with one attached hydrogen (secondary N) is 1. The lowest BCUT2D eigenvalue weighted by atomic mass is 9.84. The zero-order valence-electron chi connectivity index (χ0n) is 13.5. The number of para-hydroxylation sites is 1. The van der Waals surface area contributed by atoms with E-state index in [-0.39, 0.29) is 0 Å². The molecule has 0 radical (unpaired) electrons. The maximum Gasteiger partial charge on any atom is 0.134 e. The van der Waals surface area contributed by atoms with Crippen LogP contribution in [0.2, 0.25) is 0 Å². The molecule has 0 amide bonds. The molecule has 1 aliphatic rings. The van der Waals surface area contributed by atoms with Crippen molar-refractivity contribution in [3.05, 3.63) is 35.6 Å². The van der Waals surface area contributed by atoms with Crippen LogP contribution in [0.15, 0.2) is 28.7 Å². The summed E-state index contributed by atoms with van der Waals surface area (Å²) in [5.74, 6) is 2.70. The molecule has 3 unspecified atom stereocenters. The summed E-state index contributed by atoms with van der Waals surface area (Å²) in [6.45, 7) is 7.83. The summed E-state index contributed by atoms with van der Waals surface area (Å²) in [4.78, 5) is 0. The number of aryl methyl sites for hydroxylation is 1. The second kappa shape index (κ2) is 6.23. The van der Waals surface area contributed by atoms with E-state index < -0.39 is 0 Å². The number of hydrogen-bond acceptors (Lipinski definition) is 2. The van der Waals surface area contributed by atoms with Gasteiger partial charge in [-0.15, -0.1) is 0 Å². The van der Waals surface area contributed by atoms with Crippen LogP contribution in [0.4, 0.5) is 0 Å². The molecular formula is C19H27NO. The Morgan fingerprint density at radius 1 is 1.24 bits per heavy atom. The van der Waals surface area contributed by atoms with E-state index in [1.165, 1.54) is 36.0 Å². The van der Waals surface area contributed by atoms with E-state index in [1.54, 1.807) is 0 Å². The standard InChI is InChI=1S/C19H27NO/c1-4-16-18(15-10-6-7-12-17(15)21-16)19(20-5-2)14-11-8-9-13(14)3/h6-7,10,12-14,19-20H,4-5,8-9,11H2,1-3H3. The monoisotopic (exact) mass is 285 g/mol. The number of rotatable bonds is 5. The maximum absolute atomic E-state index is 6.13. The average molecular weight is 285 g/mol. The van der Waals surface area contributed by atoms with Gasteiger partial charge in [0, 0.05) is 23.4 Å². The van der Waals surface area contributed by atoms with Crippen LogP contribution < -0.4 is 5.32 Å². The van der Waals surface area contributed by atoms with E-state index in [9.17, 15) is 0 Å². The Morgan fingerprint density at radius 2 is 2.05 bits per heavy atom. The van der Waals surface area contributed by atoms with Gasteiger partial charge >= 0.3 is 0 Å². The molecule has 0 spiro atoms. The highest BCUT2D eigenvalue weighted by molar-refractivity contribution is 5.82. The third kappa shape index (κ3) is 2.62. The molecule has 3 atom stereocenters. The number of benzene rings is 1. The highest BCUT2D eigenvalue weighted by atomic mass is 16.3. The van der Waals surface area contributed by atoms with Crippen LogP contribution in [0, 0.1) is 11.8 Å². The van der Waals surface area contributed by atoms with Gasteiger partial charge in [0.25, 0.3) is 0 Å². The van der Waals surface area contributed by atoms with E-state index in [0.717, 1.165) is 30.4 Å². The first-order chi connectivity index (χ1) is 10.3. The van der Waals surface area contributed by atoms with Crippen LogP contribution in [0.3, 0.4) is 0 Å². The first-order valence-corrected chi connectivity index (χ1v) is 8.49. The summed E-state index contributed by atoms with van der Waals surface area (Å²) < 4.78 is 6.13. The first kappa shape index (κ1) is 14.6. The zero-order chi connectivity index (χ0) is 14.8. The fourth-order valence-electron chi connectivity index (χ4n) is 4.08. The Morgan fingerprint density at radius 3 is 2.71 bits per heavy atom. The lowest BCUT2D eigenvalue weighted by molar-refractivity contribution is 0.303. The average Bonchev–Trinajstić information content (AvgIpc) is 3.08. The fourth-order valence-corrected chi connectivity index (χ4v) is 4.08. The van der Waals surface area contributed by atoms with Gasteiger partial charge in [0.05, 0.1) is 0 Å². The molecule has 1 N–H and O–H groups in total. The van der Waals surface area contributed by atoms with Crippen LogP contribution in [0.1, 0.15) is 57.4 Å². The SMILES string of the molecule is CCNC(c1c(CC)oc2ccccc12)C1CCCC1C. The van der Waals surface area contributed by atoms with Crippen molar-refractivity contribution in [2.75, 3.05) is 6.54 Å². The van der Waals surface area contributed by atoms with Gasteiger partial charge in [-0.05, 0) is 30.9 Å². The normalized spacial score (nSPS) is 23.8. The predicted molar refractivity (Wildman–Crippen MR) is 88.5 cm³/mol. The minimum Gasteiger partial charge on any atom is -0.461 e. The van der Waals surface area contributed by atoms with Gasteiger partial charge in [-0.3, -0.25) is 0 Å². The van der Waals surface area contributed by atoms with E-state index in [0.29, 0.717) is 6.04 Å². The summed E-state index contributed by atoms with van der Waals surface area (Å²) in [6.07, 6.45) is 5.03. The summed E-state index contributed by atoms with van der Waals surface area (Å²) in [5.41, 5.74) is 2.46. The molecule has 21 heavy (non-hydrogen) atoms. The summed E-state index contributed by atoms with van der Waals surface area (Å²) in [6, 6.07) is 8.94. The third-order valence-electron chi connectivity index (χ3n) is 5.12. The van der Waals surface area contributed by atoms with Crippen LogP contribution in [0.5, 0.6) is 0 Å². The molecule has 3 rings (SSSR count). The first-order valence-electron chi connectivity index (χ1n) is 8.49.